The Morgan fingerprint density at radius 2 is 2.06 bits per heavy atom. The van der Waals surface area contributed by atoms with Gasteiger partial charge in [0, 0.05) is 19.0 Å². The SMILES string of the molecule is CCC(C#N)S(=O)(=O)N(CCC#N)C1CC1. The van der Waals surface area contributed by atoms with Crippen molar-refractivity contribution in [1.29, 1.82) is 10.5 Å². The molecule has 0 aromatic carbocycles. The second-order valence-electron chi connectivity index (χ2n) is 3.82. The van der Waals surface area contributed by atoms with Crippen LogP contribution in [0.5, 0.6) is 0 Å². The Bertz CT molecular complexity index is 414. The Labute approximate surface area is 96.3 Å². The summed E-state index contributed by atoms with van der Waals surface area (Å²) in [6, 6.07) is 3.77. The standard InChI is InChI=1S/C10H15N3O2S/c1-2-10(8-12)16(14,15)13(7-3-6-11)9-4-5-9/h9-10H,2-5,7H2,1H3. The first-order valence-electron chi connectivity index (χ1n) is 5.35. The molecule has 1 atom stereocenters. The average molecular weight is 241 g/mol. The first kappa shape index (κ1) is 13.0. The summed E-state index contributed by atoms with van der Waals surface area (Å²) in [6.45, 7) is 1.89. The highest BCUT2D eigenvalue weighted by Crippen LogP contribution is 2.31. The molecule has 1 rings (SSSR count). The minimum Gasteiger partial charge on any atom is -0.211 e. The first-order chi connectivity index (χ1) is 7.57. The van der Waals surface area contributed by atoms with E-state index in [9.17, 15) is 8.42 Å². The van der Waals surface area contributed by atoms with E-state index in [2.05, 4.69) is 0 Å². The van der Waals surface area contributed by atoms with Gasteiger partial charge in [-0.1, -0.05) is 6.92 Å². The van der Waals surface area contributed by atoms with Crippen molar-refractivity contribution in [3.05, 3.63) is 0 Å². The molecule has 88 valence electrons. The molecule has 1 unspecified atom stereocenters. The number of hydrogen-bond donors (Lipinski definition) is 0. The van der Waals surface area contributed by atoms with Crippen molar-refractivity contribution < 1.29 is 8.42 Å². The van der Waals surface area contributed by atoms with Gasteiger partial charge in [0.2, 0.25) is 10.0 Å². The fraction of sp³-hybridized carbons (Fsp3) is 0.800. The van der Waals surface area contributed by atoms with Crippen molar-refractivity contribution in [3.63, 3.8) is 0 Å². The molecule has 1 aliphatic rings. The van der Waals surface area contributed by atoms with Crippen LogP contribution in [0.15, 0.2) is 0 Å². The lowest BCUT2D eigenvalue weighted by Gasteiger charge is -2.22. The van der Waals surface area contributed by atoms with E-state index in [0.717, 1.165) is 12.8 Å². The van der Waals surface area contributed by atoms with E-state index in [1.165, 1.54) is 4.31 Å². The van der Waals surface area contributed by atoms with E-state index in [1.807, 2.05) is 12.1 Å². The van der Waals surface area contributed by atoms with E-state index >= 15 is 0 Å². The minimum atomic E-state index is -3.55. The van der Waals surface area contributed by atoms with Crippen LogP contribution >= 0.6 is 0 Å². The highest BCUT2D eigenvalue weighted by molar-refractivity contribution is 7.90. The lowest BCUT2D eigenvalue weighted by molar-refractivity contribution is 0.406. The summed E-state index contributed by atoms with van der Waals surface area (Å²) in [7, 11) is -3.55. The highest BCUT2D eigenvalue weighted by atomic mass is 32.2. The molecule has 0 radical (unpaired) electrons. The monoisotopic (exact) mass is 241 g/mol. The van der Waals surface area contributed by atoms with Gasteiger partial charge in [-0.2, -0.15) is 14.8 Å². The van der Waals surface area contributed by atoms with Gasteiger partial charge in [-0.15, -0.1) is 0 Å². The maximum Gasteiger partial charge on any atom is 0.230 e. The van der Waals surface area contributed by atoms with Crippen LogP contribution in [-0.2, 0) is 10.0 Å². The molecule has 1 aliphatic carbocycles. The zero-order valence-electron chi connectivity index (χ0n) is 9.26. The molecule has 0 saturated heterocycles. The molecule has 1 fully saturated rings. The van der Waals surface area contributed by atoms with Crippen LogP contribution in [0.3, 0.4) is 0 Å². The van der Waals surface area contributed by atoms with E-state index in [0.29, 0.717) is 0 Å². The summed E-state index contributed by atoms with van der Waals surface area (Å²) in [5.41, 5.74) is 0. The molecule has 0 N–H and O–H groups in total. The second-order valence-corrected chi connectivity index (χ2v) is 5.89. The maximum absolute atomic E-state index is 12.1. The molecule has 0 spiro atoms. The van der Waals surface area contributed by atoms with E-state index in [-0.39, 0.29) is 25.4 Å². The van der Waals surface area contributed by atoms with Gasteiger partial charge in [0.05, 0.1) is 12.1 Å². The Balaban J connectivity index is 2.85. The second kappa shape index (κ2) is 5.29. The van der Waals surface area contributed by atoms with Crippen molar-refractivity contribution in [2.45, 2.75) is 43.9 Å². The van der Waals surface area contributed by atoms with Crippen molar-refractivity contribution >= 4 is 10.0 Å². The lowest BCUT2D eigenvalue weighted by Crippen LogP contribution is -2.40. The molecule has 0 aliphatic heterocycles. The van der Waals surface area contributed by atoms with E-state index in [4.69, 9.17) is 10.5 Å². The van der Waals surface area contributed by atoms with Gasteiger partial charge >= 0.3 is 0 Å². The highest BCUT2D eigenvalue weighted by Gasteiger charge is 2.40. The number of hydrogen-bond acceptors (Lipinski definition) is 4. The largest absolute Gasteiger partial charge is 0.230 e. The molecule has 1 saturated carbocycles. The Hall–Kier alpha value is -1.11. The van der Waals surface area contributed by atoms with Crippen LogP contribution in [0.1, 0.15) is 32.6 Å². The molecule has 0 bridgehead atoms. The number of sulfonamides is 1. The third kappa shape index (κ3) is 2.72. The van der Waals surface area contributed by atoms with Crippen molar-refractivity contribution in [1.82, 2.24) is 4.31 Å². The van der Waals surface area contributed by atoms with Crippen molar-refractivity contribution in [2.24, 2.45) is 0 Å². The molecule has 0 amide bonds. The lowest BCUT2D eigenvalue weighted by atomic mass is 10.4. The number of nitriles is 2. The molecule has 16 heavy (non-hydrogen) atoms. The van der Waals surface area contributed by atoms with Gasteiger partial charge in [-0.25, -0.2) is 8.42 Å². The molecular weight excluding hydrogens is 226 g/mol. The molecule has 0 aromatic heterocycles. The van der Waals surface area contributed by atoms with E-state index in [1.54, 1.807) is 6.92 Å². The van der Waals surface area contributed by atoms with Gasteiger partial charge in [-0.05, 0) is 19.3 Å². The zero-order valence-corrected chi connectivity index (χ0v) is 10.1. The van der Waals surface area contributed by atoms with Gasteiger partial charge in [0.25, 0.3) is 0 Å². The zero-order chi connectivity index (χ0) is 12.2. The Kier molecular flexibility index (Phi) is 4.28. The van der Waals surface area contributed by atoms with Gasteiger partial charge in [-0.3, -0.25) is 0 Å². The predicted molar refractivity (Wildman–Crippen MR) is 58.6 cm³/mol. The van der Waals surface area contributed by atoms with Crippen LogP contribution in [-0.4, -0.2) is 30.6 Å². The van der Waals surface area contributed by atoms with Crippen molar-refractivity contribution in [3.8, 4) is 12.1 Å². The molecule has 6 heteroatoms. The van der Waals surface area contributed by atoms with Crippen LogP contribution in [0.25, 0.3) is 0 Å². The summed E-state index contributed by atoms with van der Waals surface area (Å²) >= 11 is 0. The molecule has 0 aromatic rings. The summed E-state index contributed by atoms with van der Waals surface area (Å²) in [4.78, 5) is 0. The molecule has 5 nitrogen and oxygen atoms in total. The van der Waals surface area contributed by atoms with Gasteiger partial charge < -0.3 is 0 Å². The fourth-order valence-corrected chi connectivity index (χ4v) is 3.43. The van der Waals surface area contributed by atoms with Crippen LogP contribution in [0, 0.1) is 22.7 Å². The minimum absolute atomic E-state index is 0.0146. The van der Waals surface area contributed by atoms with Crippen LogP contribution in [0.2, 0.25) is 0 Å². The fourth-order valence-electron chi connectivity index (χ4n) is 1.57. The summed E-state index contributed by atoms with van der Waals surface area (Å²) in [6.07, 6.45) is 2.14. The predicted octanol–water partition coefficient (Wildman–Crippen LogP) is 0.996. The molecule has 0 heterocycles. The first-order valence-corrected chi connectivity index (χ1v) is 6.85. The van der Waals surface area contributed by atoms with Crippen molar-refractivity contribution in [2.75, 3.05) is 6.54 Å². The number of nitrogens with zero attached hydrogens (tertiary/aromatic N) is 3. The van der Waals surface area contributed by atoms with Gasteiger partial charge in [0.15, 0.2) is 5.25 Å². The third-order valence-electron chi connectivity index (χ3n) is 2.60. The van der Waals surface area contributed by atoms with E-state index < -0.39 is 15.3 Å². The summed E-state index contributed by atoms with van der Waals surface area (Å²) in [5.74, 6) is 0. The maximum atomic E-state index is 12.1. The third-order valence-corrected chi connectivity index (χ3v) is 4.89. The Morgan fingerprint density at radius 1 is 1.44 bits per heavy atom. The molecular formula is C10H15N3O2S. The van der Waals surface area contributed by atoms with Gasteiger partial charge in [0.1, 0.15) is 0 Å². The van der Waals surface area contributed by atoms with Crippen LogP contribution in [0.4, 0.5) is 0 Å². The number of rotatable bonds is 6. The smallest absolute Gasteiger partial charge is 0.211 e. The summed E-state index contributed by atoms with van der Waals surface area (Å²) in [5, 5.41) is 16.3. The van der Waals surface area contributed by atoms with Crippen LogP contribution < -0.4 is 0 Å². The summed E-state index contributed by atoms with van der Waals surface area (Å²) < 4.78 is 25.5. The Morgan fingerprint density at radius 3 is 2.44 bits per heavy atom. The average Bonchev–Trinajstić information content (AvgIpc) is 3.03. The normalized spacial score (nSPS) is 17.8. The quantitative estimate of drug-likeness (QED) is 0.694. The topological polar surface area (TPSA) is 85.0 Å².